The van der Waals surface area contributed by atoms with Crippen LogP contribution >= 0.6 is 15.9 Å². The van der Waals surface area contributed by atoms with Gasteiger partial charge in [0.2, 0.25) is 0 Å². The molecule has 16 heavy (non-hydrogen) atoms. The van der Waals surface area contributed by atoms with Crippen molar-refractivity contribution in [1.82, 2.24) is 0 Å². The van der Waals surface area contributed by atoms with Crippen LogP contribution < -0.4 is 0 Å². The molecular formula is C13H18BrFO. The zero-order valence-electron chi connectivity index (χ0n) is 9.71. The molecule has 0 amide bonds. The molecule has 2 unspecified atom stereocenters. The molecule has 0 bridgehead atoms. The van der Waals surface area contributed by atoms with Crippen LogP contribution in [0.5, 0.6) is 0 Å². The van der Waals surface area contributed by atoms with Crippen molar-refractivity contribution in [3.8, 4) is 0 Å². The summed E-state index contributed by atoms with van der Waals surface area (Å²) in [4.78, 5) is 0. The lowest BCUT2D eigenvalue weighted by Gasteiger charge is -2.17. The second kappa shape index (κ2) is 6.36. The smallest absolute Gasteiger partial charge is 0.124 e. The van der Waals surface area contributed by atoms with Crippen molar-refractivity contribution in [2.45, 2.75) is 39.2 Å². The summed E-state index contributed by atoms with van der Waals surface area (Å²) in [5, 5.41) is 10.0. The molecule has 1 N–H and O–H groups in total. The first-order valence-corrected chi connectivity index (χ1v) is 6.47. The molecule has 3 heteroatoms. The van der Waals surface area contributed by atoms with Crippen LogP contribution in [0.2, 0.25) is 0 Å². The lowest BCUT2D eigenvalue weighted by Crippen LogP contribution is -2.05. The van der Waals surface area contributed by atoms with Crippen LogP contribution in [0.3, 0.4) is 0 Å². The van der Waals surface area contributed by atoms with E-state index in [1.54, 1.807) is 6.07 Å². The number of hydrogen-bond donors (Lipinski definition) is 1. The van der Waals surface area contributed by atoms with Crippen LogP contribution in [-0.2, 0) is 0 Å². The van der Waals surface area contributed by atoms with E-state index in [1.165, 1.54) is 12.1 Å². The third kappa shape index (κ3) is 3.87. The highest BCUT2D eigenvalue weighted by molar-refractivity contribution is 9.10. The van der Waals surface area contributed by atoms with Gasteiger partial charge in [-0.05, 0) is 30.0 Å². The second-order valence-electron chi connectivity index (χ2n) is 4.31. The largest absolute Gasteiger partial charge is 0.388 e. The van der Waals surface area contributed by atoms with Crippen LogP contribution in [0.1, 0.15) is 44.8 Å². The molecule has 0 fully saturated rings. The summed E-state index contributed by atoms with van der Waals surface area (Å²) in [6.45, 7) is 4.26. The third-order valence-corrected chi connectivity index (χ3v) is 3.42. The van der Waals surface area contributed by atoms with Gasteiger partial charge in [0.1, 0.15) is 5.82 Å². The minimum absolute atomic E-state index is 0.288. The Morgan fingerprint density at radius 3 is 2.69 bits per heavy atom. The molecule has 1 aromatic rings. The van der Waals surface area contributed by atoms with E-state index in [0.29, 0.717) is 10.4 Å². The molecule has 1 rings (SSSR count). The molecule has 0 radical (unpaired) electrons. The fourth-order valence-corrected chi connectivity index (χ4v) is 2.51. The van der Waals surface area contributed by atoms with E-state index in [2.05, 4.69) is 29.8 Å². The zero-order chi connectivity index (χ0) is 12.1. The molecule has 0 aromatic heterocycles. The maximum Gasteiger partial charge on any atom is 0.124 e. The van der Waals surface area contributed by atoms with Crippen molar-refractivity contribution in [2.75, 3.05) is 0 Å². The number of aliphatic hydroxyl groups is 1. The van der Waals surface area contributed by atoms with Gasteiger partial charge in [-0.25, -0.2) is 4.39 Å². The molecular weight excluding hydrogens is 271 g/mol. The fourth-order valence-electron chi connectivity index (χ4n) is 1.89. The molecule has 0 saturated heterocycles. The van der Waals surface area contributed by atoms with Gasteiger partial charge in [0, 0.05) is 4.47 Å². The Hall–Kier alpha value is -0.410. The molecule has 0 aliphatic heterocycles. The van der Waals surface area contributed by atoms with Gasteiger partial charge in [0.05, 0.1) is 6.10 Å². The van der Waals surface area contributed by atoms with Gasteiger partial charge in [0.15, 0.2) is 0 Å². The van der Waals surface area contributed by atoms with Crippen molar-refractivity contribution < 1.29 is 9.50 Å². The van der Waals surface area contributed by atoms with Crippen molar-refractivity contribution >= 4 is 15.9 Å². The summed E-state index contributed by atoms with van der Waals surface area (Å²) in [5.74, 6) is 0.196. The highest BCUT2D eigenvalue weighted by Gasteiger charge is 2.14. The summed E-state index contributed by atoms with van der Waals surface area (Å²) in [7, 11) is 0. The van der Waals surface area contributed by atoms with E-state index >= 15 is 0 Å². The van der Waals surface area contributed by atoms with Gasteiger partial charge >= 0.3 is 0 Å². The minimum Gasteiger partial charge on any atom is -0.388 e. The van der Waals surface area contributed by atoms with Gasteiger partial charge in [-0.3, -0.25) is 0 Å². The highest BCUT2D eigenvalue weighted by atomic mass is 79.9. The molecule has 90 valence electrons. The standard InChI is InChI=1S/C13H18BrFO/c1-3-4-9(2)7-13(16)11-6-5-10(15)8-12(11)14/h5-6,8-9,13,16H,3-4,7H2,1-2H3. The lowest BCUT2D eigenvalue weighted by molar-refractivity contribution is 0.144. The fraction of sp³-hybridized carbons (Fsp3) is 0.538. The number of rotatable bonds is 5. The molecule has 2 atom stereocenters. The number of aliphatic hydroxyl groups excluding tert-OH is 1. The summed E-state index contributed by atoms with van der Waals surface area (Å²) >= 11 is 3.28. The van der Waals surface area contributed by atoms with Crippen LogP contribution in [-0.4, -0.2) is 5.11 Å². The summed E-state index contributed by atoms with van der Waals surface area (Å²) < 4.78 is 13.5. The first-order chi connectivity index (χ1) is 7.54. The normalized spacial score (nSPS) is 14.8. The predicted molar refractivity (Wildman–Crippen MR) is 67.7 cm³/mol. The summed E-state index contributed by atoms with van der Waals surface area (Å²) in [6, 6.07) is 4.42. The van der Waals surface area contributed by atoms with Gasteiger partial charge in [-0.1, -0.05) is 48.7 Å². The van der Waals surface area contributed by atoms with Gasteiger partial charge in [-0.15, -0.1) is 0 Å². The van der Waals surface area contributed by atoms with Crippen LogP contribution in [0.25, 0.3) is 0 Å². The lowest BCUT2D eigenvalue weighted by atomic mass is 9.95. The predicted octanol–water partition coefficient (Wildman–Crippen LogP) is 4.45. The second-order valence-corrected chi connectivity index (χ2v) is 5.17. The molecule has 1 nitrogen and oxygen atoms in total. The maximum atomic E-state index is 12.9. The molecule has 0 aliphatic carbocycles. The number of benzene rings is 1. The molecule has 0 saturated carbocycles. The Balaban J connectivity index is 2.69. The van der Waals surface area contributed by atoms with Crippen molar-refractivity contribution in [1.29, 1.82) is 0 Å². The summed E-state index contributed by atoms with van der Waals surface area (Å²) in [5.41, 5.74) is 0.768. The SMILES string of the molecule is CCCC(C)CC(O)c1ccc(F)cc1Br. The van der Waals surface area contributed by atoms with Gasteiger partial charge in [-0.2, -0.15) is 0 Å². The van der Waals surface area contributed by atoms with E-state index in [-0.39, 0.29) is 5.82 Å². The quantitative estimate of drug-likeness (QED) is 0.849. The average Bonchev–Trinajstić information content (AvgIpc) is 2.17. The Morgan fingerprint density at radius 1 is 1.44 bits per heavy atom. The Morgan fingerprint density at radius 2 is 2.12 bits per heavy atom. The van der Waals surface area contributed by atoms with Crippen molar-refractivity contribution in [3.63, 3.8) is 0 Å². The molecule has 0 spiro atoms. The first-order valence-electron chi connectivity index (χ1n) is 5.67. The number of halogens is 2. The molecule has 0 heterocycles. The zero-order valence-corrected chi connectivity index (χ0v) is 11.3. The Labute approximate surface area is 105 Å². The number of hydrogen-bond acceptors (Lipinski definition) is 1. The monoisotopic (exact) mass is 288 g/mol. The average molecular weight is 289 g/mol. The van der Waals surface area contributed by atoms with E-state index in [1.807, 2.05) is 0 Å². The third-order valence-electron chi connectivity index (χ3n) is 2.73. The first kappa shape index (κ1) is 13.7. The highest BCUT2D eigenvalue weighted by Crippen LogP contribution is 2.29. The summed E-state index contributed by atoms with van der Waals surface area (Å²) in [6.07, 6.45) is 2.43. The van der Waals surface area contributed by atoms with Gasteiger partial charge < -0.3 is 5.11 Å². The van der Waals surface area contributed by atoms with Crippen LogP contribution in [0.4, 0.5) is 4.39 Å². The topological polar surface area (TPSA) is 20.2 Å². The van der Waals surface area contributed by atoms with E-state index in [0.717, 1.165) is 24.8 Å². The molecule has 1 aromatic carbocycles. The van der Waals surface area contributed by atoms with Crippen molar-refractivity contribution in [3.05, 3.63) is 34.1 Å². The Bertz CT molecular complexity index is 341. The van der Waals surface area contributed by atoms with E-state index in [4.69, 9.17) is 0 Å². The van der Waals surface area contributed by atoms with Crippen molar-refractivity contribution in [2.24, 2.45) is 5.92 Å². The minimum atomic E-state index is -0.517. The molecule has 0 aliphatic rings. The van der Waals surface area contributed by atoms with E-state index in [9.17, 15) is 9.50 Å². The van der Waals surface area contributed by atoms with Crippen LogP contribution in [0.15, 0.2) is 22.7 Å². The maximum absolute atomic E-state index is 12.9. The van der Waals surface area contributed by atoms with Crippen LogP contribution in [0, 0.1) is 11.7 Å². The Kier molecular flexibility index (Phi) is 5.42. The van der Waals surface area contributed by atoms with Gasteiger partial charge in [0.25, 0.3) is 0 Å². The van der Waals surface area contributed by atoms with E-state index < -0.39 is 6.10 Å².